The first-order valence-corrected chi connectivity index (χ1v) is 13.1. The van der Waals surface area contributed by atoms with Gasteiger partial charge in [0.15, 0.2) is 11.5 Å². The Morgan fingerprint density at radius 3 is 2.54 bits per heavy atom. The Labute approximate surface area is 225 Å². The molecule has 3 aromatic rings. The van der Waals surface area contributed by atoms with Crippen LogP contribution in [0.2, 0.25) is 5.02 Å². The van der Waals surface area contributed by atoms with Gasteiger partial charge in [-0.15, -0.1) is 0 Å². The molecule has 3 aliphatic rings. The van der Waals surface area contributed by atoms with E-state index in [1.165, 1.54) is 18.9 Å². The fraction of sp³-hybridized carbons (Fsp3) is 0.115. The first kappa shape index (κ1) is 23.8. The van der Waals surface area contributed by atoms with E-state index in [2.05, 4.69) is 5.10 Å². The van der Waals surface area contributed by atoms with Crippen molar-refractivity contribution < 1.29 is 23.8 Å². The topological polar surface area (TPSA) is 80.7 Å². The molecule has 3 aliphatic heterocycles. The molecule has 1 spiro atoms. The van der Waals surface area contributed by atoms with E-state index in [0.29, 0.717) is 32.8 Å². The lowest BCUT2D eigenvalue weighted by molar-refractivity contribution is -0.132. The van der Waals surface area contributed by atoms with Crippen LogP contribution in [0.5, 0.6) is 11.5 Å². The molecule has 0 unspecified atom stereocenters. The van der Waals surface area contributed by atoms with Gasteiger partial charge in [0, 0.05) is 10.7 Å². The van der Waals surface area contributed by atoms with Crippen molar-refractivity contribution in [3.05, 3.63) is 88.3 Å². The smallest absolute Gasteiger partial charge is 0.365 e. The number of carbonyl (C=O) groups excluding carboxylic acids is 2. The predicted octanol–water partition coefficient (Wildman–Crippen LogP) is 5.54. The zero-order valence-corrected chi connectivity index (χ0v) is 21.7. The average molecular weight is 552 g/mol. The highest BCUT2D eigenvalue weighted by molar-refractivity contribution is 8.29. The van der Waals surface area contributed by atoms with Gasteiger partial charge in [-0.05, 0) is 71.9 Å². The third-order valence-electron chi connectivity index (χ3n) is 5.77. The minimum atomic E-state index is -1.17. The van der Waals surface area contributed by atoms with Crippen molar-refractivity contribution in [1.82, 2.24) is 0 Å². The summed E-state index contributed by atoms with van der Waals surface area (Å²) in [7, 11) is 1.30. The molecule has 3 aromatic carbocycles. The van der Waals surface area contributed by atoms with Crippen molar-refractivity contribution in [2.75, 3.05) is 23.8 Å². The molecule has 0 radical (unpaired) electrons. The number of hydrogen-bond donors (Lipinski definition) is 0. The number of ether oxygens (including phenoxy) is 3. The van der Waals surface area contributed by atoms with Gasteiger partial charge in [-0.2, -0.15) is 5.10 Å². The molecule has 11 heteroatoms. The SMILES string of the molecule is COC(=O)C1=NN(c2ccc(Cl)cc2)[C@@]2(S1)S/C(=C/c1ccc3c(c1)OCO3)C(=O)N2c1ccccc1. The van der Waals surface area contributed by atoms with E-state index in [4.69, 9.17) is 25.8 Å². The van der Waals surface area contributed by atoms with Crippen LogP contribution < -0.4 is 19.4 Å². The lowest BCUT2D eigenvalue weighted by Gasteiger charge is -2.38. The summed E-state index contributed by atoms with van der Waals surface area (Å²) in [6, 6.07) is 21.8. The Morgan fingerprint density at radius 2 is 1.78 bits per heavy atom. The molecule has 8 nitrogen and oxygen atoms in total. The molecule has 1 atom stereocenters. The molecule has 37 heavy (non-hydrogen) atoms. The summed E-state index contributed by atoms with van der Waals surface area (Å²) in [5, 5.41) is 6.96. The summed E-state index contributed by atoms with van der Waals surface area (Å²) in [5.41, 5.74) is 2.09. The maximum absolute atomic E-state index is 14.0. The molecule has 0 saturated carbocycles. The number of para-hydroxylation sites is 1. The van der Waals surface area contributed by atoms with Crippen LogP contribution >= 0.6 is 35.1 Å². The number of thioether (sulfide) groups is 2. The molecule has 0 bridgehead atoms. The van der Waals surface area contributed by atoms with Crippen molar-refractivity contribution in [3.63, 3.8) is 0 Å². The van der Waals surface area contributed by atoms with Crippen LogP contribution in [0.15, 0.2) is 82.8 Å². The number of methoxy groups -OCH3 is 1. The number of halogens is 1. The summed E-state index contributed by atoms with van der Waals surface area (Å²) < 4.78 is 14.7. The Hall–Kier alpha value is -3.60. The number of hydrazone groups is 1. The van der Waals surface area contributed by atoms with Crippen molar-refractivity contribution in [2.24, 2.45) is 5.10 Å². The zero-order chi connectivity index (χ0) is 25.6. The molecule has 0 aliphatic carbocycles. The molecular formula is C26H18ClN3O5S2. The minimum Gasteiger partial charge on any atom is -0.464 e. The zero-order valence-electron chi connectivity index (χ0n) is 19.3. The molecule has 1 amide bonds. The van der Waals surface area contributed by atoms with Gasteiger partial charge in [0.05, 0.1) is 17.7 Å². The van der Waals surface area contributed by atoms with Crippen LogP contribution in [0.3, 0.4) is 0 Å². The molecule has 1 fully saturated rings. The molecular weight excluding hydrogens is 534 g/mol. The van der Waals surface area contributed by atoms with Crippen molar-refractivity contribution in [2.45, 2.75) is 4.33 Å². The Bertz CT molecular complexity index is 1460. The van der Waals surface area contributed by atoms with E-state index < -0.39 is 10.3 Å². The van der Waals surface area contributed by atoms with Crippen LogP contribution in [-0.2, 0) is 14.3 Å². The summed E-state index contributed by atoms with van der Waals surface area (Å²) in [6.07, 6.45) is 1.80. The maximum atomic E-state index is 14.0. The second-order valence-electron chi connectivity index (χ2n) is 8.03. The standard InChI is InChI=1S/C26H18ClN3O5S2/c1-33-25(32)23-28-30(19-10-8-17(27)9-11-19)26(37-23)29(18-5-3-2-4-6-18)24(31)22(36-26)14-16-7-12-20-21(13-16)35-15-34-20/h2-14H,15H2,1H3/b22-14+/t26-/m1/s1. The first-order chi connectivity index (χ1) is 18.0. The highest BCUT2D eigenvalue weighted by atomic mass is 35.5. The van der Waals surface area contributed by atoms with Gasteiger partial charge in [-0.3, -0.25) is 9.69 Å². The number of amides is 1. The average Bonchev–Trinajstić information content (AvgIpc) is 3.61. The number of carbonyl (C=O) groups is 2. The largest absolute Gasteiger partial charge is 0.464 e. The highest BCUT2D eigenvalue weighted by Crippen LogP contribution is 2.59. The summed E-state index contributed by atoms with van der Waals surface area (Å²) in [4.78, 5) is 28.8. The maximum Gasteiger partial charge on any atom is 0.365 e. The quantitative estimate of drug-likeness (QED) is 0.309. The van der Waals surface area contributed by atoms with E-state index >= 15 is 0 Å². The van der Waals surface area contributed by atoms with Gasteiger partial charge in [0.25, 0.3) is 5.91 Å². The lowest BCUT2D eigenvalue weighted by Crippen LogP contribution is -2.51. The molecule has 0 aromatic heterocycles. The van der Waals surface area contributed by atoms with Gasteiger partial charge in [-0.1, -0.05) is 47.6 Å². The number of nitrogens with zero attached hydrogens (tertiary/aromatic N) is 3. The van der Waals surface area contributed by atoms with Crippen LogP contribution in [0.25, 0.3) is 6.08 Å². The number of anilines is 2. The first-order valence-electron chi connectivity index (χ1n) is 11.1. The van der Waals surface area contributed by atoms with E-state index in [0.717, 1.165) is 17.3 Å². The third kappa shape index (κ3) is 4.11. The second-order valence-corrected chi connectivity index (χ2v) is 11.1. The Morgan fingerprint density at radius 1 is 1.03 bits per heavy atom. The van der Waals surface area contributed by atoms with Crippen LogP contribution in [0.4, 0.5) is 11.4 Å². The fourth-order valence-electron chi connectivity index (χ4n) is 4.10. The van der Waals surface area contributed by atoms with Crippen LogP contribution in [0.1, 0.15) is 5.56 Å². The monoisotopic (exact) mass is 551 g/mol. The number of benzene rings is 3. The van der Waals surface area contributed by atoms with Crippen molar-refractivity contribution in [3.8, 4) is 11.5 Å². The third-order valence-corrected chi connectivity index (χ3v) is 8.72. The van der Waals surface area contributed by atoms with E-state index in [9.17, 15) is 9.59 Å². The molecule has 1 saturated heterocycles. The number of fused-ring (bicyclic) bond motifs is 1. The molecule has 6 rings (SSSR count). The molecule has 186 valence electrons. The summed E-state index contributed by atoms with van der Waals surface area (Å²) >= 11 is 8.59. The lowest BCUT2D eigenvalue weighted by atomic mass is 10.2. The van der Waals surface area contributed by atoms with Crippen molar-refractivity contribution >= 4 is 69.5 Å². The number of esters is 1. The summed E-state index contributed by atoms with van der Waals surface area (Å²) in [5.74, 6) is 0.455. The van der Waals surface area contributed by atoms with Crippen molar-refractivity contribution in [1.29, 1.82) is 0 Å². The minimum absolute atomic E-state index is 0.128. The van der Waals surface area contributed by atoms with Gasteiger partial charge in [0.2, 0.25) is 16.2 Å². The Kier molecular flexibility index (Phi) is 6.02. The van der Waals surface area contributed by atoms with Crippen LogP contribution in [-0.4, -0.2) is 35.1 Å². The predicted molar refractivity (Wildman–Crippen MR) is 146 cm³/mol. The number of hydrogen-bond acceptors (Lipinski definition) is 9. The fourth-order valence-corrected chi connectivity index (χ4v) is 7.12. The molecule has 0 N–H and O–H groups in total. The second kappa shape index (κ2) is 9.37. The Balaban J connectivity index is 1.49. The van der Waals surface area contributed by atoms with E-state index in [1.807, 2.05) is 48.5 Å². The van der Waals surface area contributed by atoms with Gasteiger partial charge >= 0.3 is 5.97 Å². The van der Waals surface area contributed by atoms with Crippen LogP contribution in [0, 0.1) is 0 Å². The van der Waals surface area contributed by atoms with Gasteiger partial charge in [0.1, 0.15) is 0 Å². The highest BCUT2D eigenvalue weighted by Gasteiger charge is 2.60. The normalized spacial score (nSPS) is 21.2. The summed E-state index contributed by atoms with van der Waals surface area (Å²) in [6.45, 7) is 0.161. The number of rotatable bonds is 4. The van der Waals surface area contributed by atoms with Gasteiger partial charge in [-0.25, -0.2) is 9.80 Å². The van der Waals surface area contributed by atoms with E-state index in [-0.39, 0.29) is 17.7 Å². The van der Waals surface area contributed by atoms with E-state index in [1.54, 1.807) is 40.3 Å². The molecule has 3 heterocycles. The van der Waals surface area contributed by atoms with Gasteiger partial charge < -0.3 is 14.2 Å².